The molecule has 2 atom stereocenters. The maximum atomic E-state index is 12.2. The van der Waals surface area contributed by atoms with Crippen LogP contribution in [0.1, 0.15) is 31.7 Å². The summed E-state index contributed by atoms with van der Waals surface area (Å²) in [5.41, 5.74) is 1.02. The Bertz CT molecular complexity index is 537. The third kappa shape index (κ3) is 3.00. The minimum absolute atomic E-state index is 0.135. The fraction of sp³-hybridized carbons (Fsp3) is 0.600. The lowest BCUT2D eigenvalue weighted by Crippen LogP contribution is -2.27. The number of rotatable bonds is 5. The first-order valence-corrected chi connectivity index (χ1v) is 8.57. The van der Waals surface area contributed by atoms with Crippen molar-refractivity contribution in [2.75, 3.05) is 19.3 Å². The second kappa shape index (κ2) is 5.63. The number of nitrogens with one attached hydrogen (secondary N) is 1. The first-order chi connectivity index (χ1) is 8.95. The highest BCUT2D eigenvalue weighted by Gasteiger charge is 2.38. The van der Waals surface area contributed by atoms with Crippen LogP contribution in [0.2, 0.25) is 0 Å². The molecule has 0 aromatic heterocycles. The van der Waals surface area contributed by atoms with Gasteiger partial charge in [-0.3, -0.25) is 0 Å². The van der Waals surface area contributed by atoms with E-state index in [1.807, 2.05) is 25.2 Å². The van der Waals surface area contributed by atoms with Crippen LogP contribution in [0.4, 0.5) is 0 Å². The van der Waals surface area contributed by atoms with Gasteiger partial charge >= 0.3 is 0 Å². The molecular formula is C15H23NO2S. The van der Waals surface area contributed by atoms with Crippen molar-refractivity contribution in [1.29, 1.82) is 0 Å². The molecule has 2 rings (SSSR count). The Hall–Kier alpha value is -0.870. The predicted molar refractivity (Wildman–Crippen MR) is 78.1 cm³/mol. The van der Waals surface area contributed by atoms with Crippen LogP contribution in [-0.4, -0.2) is 27.8 Å². The van der Waals surface area contributed by atoms with Crippen LogP contribution in [-0.2, 0) is 9.84 Å². The maximum Gasteiger partial charge on any atom is 0.179 e. The number of hydrogen-bond acceptors (Lipinski definition) is 3. The fourth-order valence-electron chi connectivity index (χ4n) is 3.13. The van der Waals surface area contributed by atoms with Crippen LogP contribution in [0, 0.1) is 11.8 Å². The van der Waals surface area contributed by atoms with E-state index in [2.05, 4.69) is 19.2 Å². The van der Waals surface area contributed by atoms with Crippen LogP contribution in [0.5, 0.6) is 0 Å². The van der Waals surface area contributed by atoms with Gasteiger partial charge < -0.3 is 5.32 Å². The van der Waals surface area contributed by atoms with Crippen molar-refractivity contribution in [2.24, 2.45) is 11.8 Å². The van der Waals surface area contributed by atoms with Crippen LogP contribution < -0.4 is 5.32 Å². The molecule has 2 unspecified atom stereocenters. The molecule has 3 nitrogen and oxygen atoms in total. The Labute approximate surface area is 116 Å². The Morgan fingerprint density at radius 2 is 2.00 bits per heavy atom. The van der Waals surface area contributed by atoms with Crippen molar-refractivity contribution in [2.45, 2.75) is 31.1 Å². The van der Waals surface area contributed by atoms with Gasteiger partial charge in [-0.2, -0.15) is 0 Å². The molecule has 0 bridgehead atoms. The van der Waals surface area contributed by atoms with E-state index in [4.69, 9.17) is 0 Å². The summed E-state index contributed by atoms with van der Waals surface area (Å²) in [6.45, 7) is 5.25. The average molecular weight is 281 g/mol. The average Bonchev–Trinajstić information content (AvgIpc) is 2.61. The molecule has 0 aliphatic carbocycles. The normalized spacial score (nSPS) is 22.4. The fourth-order valence-corrected chi connectivity index (χ4v) is 5.10. The molecule has 0 radical (unpaired) electrons. The van der Waals surface area contributed by atoms with Crippen molar-refractivity contribution in [1.82, 2.24) is 5.32 Å². The van der Waals surface area contributed by atoms with Crippen LogP contribution in [0.15, 0.2) is 29.2 Å². The van der Waals surface area contributed by atoms with Gasteiger partial charge in [0.15, 0.2) is 9.84 Å². The number of fused-ring (bicyclic) bond motifs is 1. The molecule has 0 saturated heterocycles. The van der Waals surface area contributed by atoms with E-state index >= 15 is 0 Å². The van der Waals surface area contributed by atoms with E-state index in [0.29, 0.717) is 16.7 Å². The van der Waals surface area contributed by atoms with Gasteiger partial charge in [0, 0.05) is 5.92 Å². The Kier molecular flexibility index (Phi) is 4.31. The van der Waals surface area contributed by atoms with Crippen LogP contribution in [0.25, 0.3) is 0 Å². The lowest BCUT2D eigenvalue weighted by Gasteiger charge is -2.25. The first-order valence-electron chi connectivity index (χ1n) is 6.92. The molecule has 0 saturated carbocycles. The van der Waals surface area contributed by atoms with Crippen LogP contribution in [0.3, 0.4) is 0 Å². The molecule has 1 aromatic carbocycles. The summed E-state index contributed by atoms with van der Waals surface area (Å²) in [6, 6.07) is 7.48. The molecule has 1 aliphatic rings. The number of benzene rings is 1. The first kappa shape index (κ1) is 14.5. The molecule has 1 aromatic rings. The summed E-state index contributed by atoms with van der Waals surface area (Å²) in [6.07, 6.45) is 1.05. The molecule has 19 heavy (non-hydrogen) atoms. The molecule has 0 fully saturated rings. The van der Waals surface area contributed by atoms with E-state index in [-0.39, 0.29) is 11.7 Å². The van der Waals surface area contributed by atoms with Crippen molar-refractivity contribution in [3.8, 4) is 0 Å². The largest absolute Gasteiger partial charge is 0.319 e. The summed E-state index contributed by atoms with van der Waals surface area (Å²) < 4.78 is 24.5. The highest BCUT2D eigenvalue weighted by molar-refractivity contribution is 7.91. The minimum Gasteiger partial charge on any atom is -0.319 e. The van der Waals surface area contributed by atoms with Gasteiger partial charge in [0.2, 0.25) is 0 Å². The third-order valence-electron chi connectivity index (χ3n) is 3.86. The van der Waals surface area contributed by atoms with E-state index in [0.717, 1.165) is 18.5 Å². The van der Waals surface area contributed by atoms with Gasteiger partial charge in [0.25, 0.3) is 0 Å². The minimum atomic E-state index is -3.08. The predicted octanol–water partition coefficient (Wildman–Crippen LogP) is 2.44. The van der Waals surface area contributed by atoms with E-state index in [9.17, 15) is 8.42 Å². The Morgan fingerprint density at radius 1 is 1.32 bits per heavy atom. The standard InChI is InChI=1S/C15H23NO2S/c1-11(2)8-12(9-16-3)14-10-19(17,18)15-7-5-4-6-13(14)15/h4-7,11-12,14,16H,8-10H2,1-3H3. The van der Waals surface area contributed by atoms with E-state index in [1.165, 1.54) is 0 Å². The third-order valence-corrected chi connectivity index (χ3v) is 5.70. The van der Waals surface area contributed by atoms with Crippen molar-refractivity contribution in [3.63, 3.8) is 0 Å². The van der Waals surface area contributed by atoms with Crippen molar-refractivity contribution >= 4 is 9.84 Å². The summed E-state index contributed by atoms with van der Waals surface area (Å²) >= 11 is 0. The van der Waals surface area contributed by atoms with Gasteiger partial charge in [0.1, 0.15) is 0 Å². The molecule has 1 N–H and O–H groups in total. The monoisotopic (exact) mass is 281 g/mol. The smallest absolute Gasteiger partial charge is 0.179 e. The topological polar surface area (TPSA) is 46.2 Å². The zero-order valence-corrected chi connectivity index (χ0v) is 12.7. The lowest BCUT2D eigenvalue weighted by atomic mass is 9.82. The summed E-state index contributed by atoms with van der Waals surface area (Å²) in [7, 11) is -1.15. The second-order valence-corrected chi connectivity index (χ2v) is 7.88. The molecular weight excluding hydrogens is 258 g/mol. The zero-order chi connectivity index (χ0) is 14.0. The van der Waals surface area contributed by atoms with E-state index < -0.39 is 9.84 Å². The molecule has 106 valence electrons. The van der Waals surface area contributed by atoms with Crippen LogP contribution >= 0.6 is 0 Å². The van der Waals surface area contributed by atoms with Gasteiger partial charge in [-0.1, -0.05) is 32.0 Å². The van der Waals surface area contributed by atoms with E-state index in [1.54, 1.807) is 6.07 Å². The maximum absolute atomic E-state index is 12.2. The Balaban J connectivity index is 2.35. The molecule has 1 aliphatic heterocycles. The SMILES string of the molecule is CNCC(CC(C)C)C1CS(=O)(=O)c2ccccc21. The molecule has 0 spiro atoms. The summed E-state index contributed by atoms with van der Waals surface area (Å²) in [4.78, 5) is 0.546. The highest BCUT2D eigenvalue weighted by Crippen LogP contribution is 2.41. The molecule has 1 heterocycles. The van der Waals surface area contributed by atoms with Crippen molar-refractivity contribution < 1.29 is 8.42 Å². The number of hydrogen-bond donors (Lipinski definition) is 1. The second-order valence-electron chi connectivity index (χ2n) is 5.87. The quantitative estimate of drug-likeness (QED) is 0.901. The van der Waals surface area contributed by atoms with Gasteiger partial charge in [-0.05, 0) is 43.5 Å². The molecule has 0 amide bonds. The van der Waals surface area contributed by atoms with Gasteiger partial charge in [-0.15, -0.1) is 0 Å². The van der Waals surface area contributed by atoms with Crippen molar-refractivity contribution in [3.05, 3.63) is 29.8 Å². The summed E-state index contributed by atoms with van der Waals surface area (Å²) in [5.74, 6) is 1.36. The summed E-state index contributed by atoms with van der Waals surface area (Å²) in [5, 5.41) is 3.21. The number of sulfone groups is 1. The molecule has 4 heteroatoms. The van der Waals surface area contributed by atoms with Gasteiger partial charge in [0.05, 0.1) is 10.6 Å². The Morgan fingerprint density at radius 3 is 2.63 bits per heavy atom. The zero-order valence-electron chi connectivity index (χ0n) is 11.9. The highest BCUT2D eigenvalue weighted by atomic mass is 32.2. The van der Waals surface area contributed by atoms with Gasteiger partial charge in [-0.25, -0.2) is 8.42 Å². The lowest BCUT2D eigenvalue weighted by molar-refractivity contribution is 0.353.